The molecule has 0 saturated carbocycles. The average molecular weight is 408 g/mol. The second-order valence-corrected chi connectivity index (χ2v) is 6.45. The van der Waals surface area contributed by atoms with Crippen molar-refractivity contribution in [1.82, 2.24) is 0 Å². The van der Waals surface area contributed by atoms with E-state index in [1.165, 1.54) is 6.07 Å². The van der Waals surface area contributed by atoms with Crippen LogP contribution >= 0.6 is 43.5 Å². The number of hydrogen-bond donors (Lipinski definition) is 1. The van der Waals surface area contributed by atoms with Crippen molar-refractivity contribution >= 4 is 43.5 Å². The fourth-order valence-electron chi connectivity index (χ4n) is 1.83. The molecule has 0 radical (unpaired) electrons. The molecular formula is C14H11Br2ClFN. The Morgan fingerprint density at radius 3 is 2.42 bits per heavy atom. The van der Waals surface area contributed by atoms with Gasteiger partial charge >= 0.3 is 0 Å². The molecule has 0 spiro atoms. The van der Waals surface area contributed by atoms with Crippen LogP contribution in [-0.2, 0) is 6.42 Å². The Morgan fingerprint density at radius 2 is 1.74 bits per heavy atom. The van der Waals surface area contributed by atoms with E-state index in [1.54, 1.807) is 18.2 Å². The topological polar surface area (TPSA) is 26.0 Å². The standard InChI is InChI=1S/C14H11Br2ClFN/c15-9-3-4-13(18)11(6-9)14(19)5-8-1-2-10(16)7-12(8)17/h1-4,6-7,14H,5,19H2. The second-order valence-electron chi connectivity index (χ2n) is 4.21. The van der Waals surface area contributed by atoms with Crippen molar-refractivity contribution in [3.05, 3.63) is 67.3 Å². The first-order valence-corrected chi connectivity index (χ1v) is 7.58. The van der Waals surface area contributed by atoms with Crippen LogP contribution in [0.3, 0.4) is 0 Å². The maximum atomic E-state index is 13.7. The van der Waals surface area contributed by atoms with Gasteiger partial charge in [-0.25, -0.2) is 4.39 Å². The smallest absolute Gasteiger partial charge is 0.128 e. The zero-order chi connectivity index (χ0) is 14.0. The van der Waals surface area contributed by atoms with Crippen LogP contribution < -0.4 is 5.73 Å². The van der Waals surface area contributed by atoms with E-state index < -0.39 is 6.04 Å². The Kier molecular flexibility index (Phi) is 5.01. The lowest BCUT2D eigenvalue weighted by atomic mass is 9.99. The summed E-state index contributed by atoms with van der Waals surface area (Å²) < 4.78 is 15.5. The molecule has 100 valence electrons. The molecule has 1 atom stereocenters. The molecule has 2 rings (SSSR count). The van der Waals surface area contributed by atoms with Crippen LogP contribution in [-0.4, -0.2) is 0 Å². The lowest BCUT2D eigenvalue weighted by molar-refractivity contribution is 0.580. The van der Waals surface area contributed by atoms with E-state index in [0.717, 1.165) is 14.5 Å². The van der Waals surface area contributed by atoms with E-state index in [0.29, 0.717) is 17.0 Å². The highest BCUT2D eigenvalue weighted by Gasteiger charge is 2.14. The summed E-state index contributed by atoms with van der Waals surface area (Å²) in [5.41, 5.74) is 7.45. The number of halogens is 4. The molecule has 2 aromatic carbocycles. The summed E-state index contributed by atoms with van der Waals surface area (Å²) >= 11 is 12.8. The summed E-state index contributed by atoms with van der Waals surface area (Å²) in [5, 5.41) is 0.625. The largest absolute Gasteiger partial charge is 0.324 e. The van der Waals surface area contributed by atoms with Crippen molar-refractivity contribution < 1.29 is 4.39 Å². The number of nitrogens with two attached hydrogens (primary N) is 1. The molecule has 0 aromatic heterocycles. The third-order valence-electron chi connectivity index (χ3n) is 2.81. The van der Waals surface area contributed by atoms with Gasteiger partial charge in [-0.1, -0.05) is 49.5 Å². The van der Waals surface area contributed by atoms with E-state index in [4.69, 9.17) is 17.3 Å². The van der Waals surface area contributed by atoms with Crippen molar-refractivity contribution in [2.75, 3.05) is 0 Å². The number of benzene rings is 2. The molecule has 0 aliphatic carbocycles. The van der Waals surface area contributed by atoms with E-state index in [2.05, 4.69) is 31.9 Å². The minimum absolute atomic E-state index is 0.302. The first-order chi connectivity index (χ1) is 8.97. The Hall–Kier alpha value is -0.420. The number of rotatable bonds is 3. The zero-order valence-corrected chi connectivity index (χ0v) is 13.8. The molecular weight excluding hydrogens is 396 g/mol. The van der Waals surface area contributed by atoms with Crippen molar-refractivity contribution in [2.45, 2.75) is 12.5 Å². The molecule has 0 aliphatic rings. The van der Waals surface area contributed by atoms with E-state index in [9.17, 15) is 4.39 Å². The van der Waals surface area contributed by atoms with Crippen LogP contribution in [0.5, 0.6) is 0 Å². The van der Waals surface area contributed by atoms with E-state index in [1.807, 2.05) is 12.1 Å². The monoisotopic (exact) mass is 405 g/mol. The van der Waals surface area contributed by atoms with Gasteiger partial charge in [0.05, 0.1) is 0 Å². The van der Waals surface area contributed by atoms with Crippen molar-refractivity contribution in [2.24, 2.45) is 5.73 Å². The Morgan fingerprint density at radius 1 is 1.11 bits per heavy atom. The molecule has 0 heterocycles. The quantitative estimate of drug-likeness (QED) is 0.739. The molecule has 2 N–H and O–H groups in total. The van der Waals surface area contributed by atoms with Gasteiger partial charge in [0.15, 0.2) is 0 Å². The molecule has 0 saturated heterocycles. The fraction of sp³-hybridized carbons (Fsp3) is 0.143. The Labute approximate surface area is 133 Å². The maximum absolute atomic E-state index is 13.7. The molecule has 1 unspecified atom stereocenters. The molecule has 0 bridgehead atoms. The first-order valence-electron chi connectivity index (χ1n) is 5.62. The van der Waals surface area contributed by atoms with Gasteiger partial charge in [0.2, 0.25) is 0 Å². The molecule has 5 heteroatoms. The summed E-state index contributed by atoms with van der Waals surface area (Å²) in [4.78, 5) is 0. The normalized spacial score (nSPS) is 12.5. The molecule has 19 heavy (non-hydrogen) atoms. The summed E-state index contributed by atoms with van der Waals surface area (Å²) in [6.07, 6.45) is 0.486. The zero-order valence-electron chi connectivity index (χ0n) is 9.84. The lowest BCUT2D eigenvalue weighted by Crippen LogP contribution is -2.15. The minimum Gasteiger partial charge on any atom is -0.324 e. The van der Waals surface area contributed by atoms with Gasteiger partial charge < -0.3 is 5.73 Å². The molecule has 1 nitrogen and oxygen atoms in total. The summed E-state index contributed by atoms with van der Waals surface area (Å²) in [6.45, 7) is 0. The average Bonchev–Trinajstić information content (AvgIpc) is 2.35. The lowest BCUT2D eigenvalue weighted by Gasteiger charge is -2.14. The maximum Gasteiger partial charge on any atom is 0.128 e. The Balaban J connectivity index is 2.25. The van der Waals surface area contributed by atoms with Crippen LogP contribution in [0.15, 0.2) is 45.3 Å². The highest BCUT2D eigenvalue weighted by atomic mass is 79.9. The highest BCUT2D eigenvalue weighted by molar-refractivity contribution is 9.10. The summed E-state index contributed by atoms with van der Waals surface area (Å²) in [6, 6.07) is 9.91. The first kappa shape index (κ1) is 15.0. The minimum atomic E-state index is -0.434. The fourth-order valence-corrected chi connectivity index (χ4v) is 2.96. The highest BCUT2D eigenvalue weighted by Crippen LogP contribution is 2.27. The molecule has 0 aliphatic heterocycles. The second kappa shape index (κ2) is 6.35. The Bertz CT molecular complexity index is 604. The van der Waals surface area contributed by atoms with Gasteiger partial charge in [0.1, 0.15) is 5.82 Å². The van der Waals surface area contributed by atoms with Crippen LogP contribution in [0.2, 0.25) is 5.02 Å². The van der Waals surface area contributed by atoms with Gasteiger partial charge in [0, 0.05) is 25.6 Å². The van der Waals surface area contributed by atoms with Gasteiger partial charge in [0.25, 0.3) is 0 Å². The van der Waals surface area contributed by atoms with Gasteiger partial charge in [-0.2, -0.15) is 0 Å². The van der Waals surface area contributed by atoms with Crippen LogP contribution in [0.1, 0.15) is 17.2 Å². The summed E-state index contributed by atoms with van der Waals surface area (Å²) in [5.74, 6) is -0.302. The third kappa shape index (κ3) is 3.78. The predicted octanol–water partition coefficient (Wildman–Crippen LogP) is 5.25. The van der Waals surface area contributed by atoms with E-state index in [-0.39, 0.29) is 5.82 Å². The third-order valence-corrected chi connectivity index (χ3v) is 4.15. The molecule has 0 fully saturated rings. The molecule has 0 amide bonds. The predicted molar refractivity (Wildman–Crippen MR) is 83.9 cm³/mol. The van der Waals surface area contributed by atoms with Crippen molar-refractivity contribution in [1.29, 1.82) is 0 Å². The van der Waals surface area contributed by atoms with Crippen molar-refractivity contribution in [3.63, 3.8) is 0 Å². The number of hydrogen-bond acceptors (Lipinski definition) is 1. The molecule has 2 aromatic rings. The van der Waals surface area contributed by atoms with Gasteiger partial charge in [-0.05, 0) is 42.3 Å². The van der Waals surface area contributed by atoms with Gasteiger partial charge in [-0.15, -0.1) is 0 Å². The summed E-state index contributed by atoms with van der Waals surface area (Å²) in [7, 11) is 0. The van der Waals surface area contributed by atoms with Crippen LogP contribution in [0.25, 0.3) is 0 Å². The SMILES string of the molecule is NC(Cc1ccc(Br)cc1Cl)c1cc(Br)ccc1F. The van der Waals surface area contributed by atoms with Crippen molar-refractivity contribution in [3.8, 4) is 0 Å². The van der Waals surface area contributed by atoms with Gasteiger partial charge in [-0.3, -0.25) is 0 Å². The van der Waals surface area contributed by atoms with E-state index >= 15 is 0 Å². The van der Waals surface area contributed by atoms with Crippen LogP contribution in [0.4, 0.5) is 4.39 Å². The van der Waals surface area contributed by atoms with Crippen LogP contribution in [0, 0.1) is 5.82 Å².